The molecule has 0 amide bonds. The van der Waals surface area contributed by atoms with Gasteiger partial charge in [0.2, 0.25) is 0 Å². The van der Waals surface area contributed by atoms with E-state index in [4.69, 9.17) is 17.3 Å². The summed E-state index contributed by atoms with van der Waals surface area (Å²) in [5.74, 6) is -0.677. The average Bonchev–Trinajstić information content (AvgIpc) is 2.82. The van der Waals surface area contributed by atoms with Crippen LogP contribution in [-0.2, 0) is 6.42 Å². The fourth-order valence-electron chi connectivity index (χ4n) is 2.91. The van der Waals surface area contributed by atoms with Crippen LogP contribution in [-0.4, -0.2) is 13.1 Å². The Labute approximate surface area is 127 Å². The predicted molar refractivity (Wildman–Crippen MR) is 80.7 cm³/mol. The third-order valence-corrected chi connectivity index (χ3v) is 4.07. The summed E-state index contributed by atoms with van der Waals surface area (Å²) >= 11 is 5.92. The Balaban J connectivity index is 2.01. The van der Waals surface area contributed by atoms with Crippen molar-refractivity contribution in [1.29, 1.82) is 0 Å². The second-order valence-corrected chi connectivity index (χ2v) is 5.61. The molecule has 0 aromatic heterocycles. The summed E-state index contributed by atoms with van der Waals surface area (Å²) in [5.41, 5.74) is 8.49. The lowest BCUT2D eigenvalue weighted by Crippen LogP contribution is -2.32. The van der Waals surface area contributed by atoms with Gasteiger partial charge in [0.05, 0.1) is 6.04 Å². The van der Waals surface area contributed by atoms with Crippen LogP contribution in [0, 0.1) is 11.6 Å². The van der Waals surface area contributed by atoms with Crippen molar-refractivity contribution >= 4 is 17.3 Å². The molecule has 2 aromatic rings. The van der Waals surface area contributed by atoms with E-state index in [2.05, 4.69) is 0 Å². The maximum Gasteiger partial charge on any atom is 0.125 e. The molecule has 0 radical (unpaired) electrons. The van der Waals surface area contributed by atoms with Crippen LogP contribution in [0.1, 0.15) is 17.2 Å². The lowest BCUT2D eigenvalue weighted by Gasteiger charge is -2.30. The molecule has 0 bridgehead atoms. The number of hydrogen-bond donors (Lipinski definition) is 1. The molecular formula is C16H15ClF2N2. The van der Waals surface area contributed by atoms with E-state index in [1.165, 1.54) is 24.3 Å². The first-order chi connectivity index (χ1) is 10.1. The van der Waals surface area contributed by atoms with Crippen molar-refractivity contribution in [3.8, 4) is 0 Å². The van der Waals surface area contributed by atoms with Crippen LogP contribution in [0.3, 0.4) is 0 Å². The number of halogens is 3. The number of fused-ring (bicyclic) bond motifs is 1. The highest BCUT2D eigenvalue weighted by Gasteiger charge is 2.27. The van der Waals surface area contributed by atoms with Crippen molar-refractivity contribution in [3.63, 3.8) is 0 Å². The normalized spacial score (nSPS) is 15.1. The number of hydrogen-bond acceptors (Lipinski definition) is 2. The largest absolute Gasteiger partial charge is 0.363 e. The second-order valence-electron chi connectivity index (χ2n) is 5.17. The molecule has 1 aliphatic rings. The minimum Gasteiger partial charge on any atom is -0.363 e. The van der Waals surface area contributed by atoms with Gasteiger partial charge in [-0.05, 0) is 47.9 Å². The van der Waals surface area contributed by atoms with Gasteiger partial charge in [-0.25, -0.2) is 8.78 Å². The molecule has 0 fully saturated rings. The maximum absolute atomic E-state index is 13.6. The van der Waals surface area contributed by atoms with Crippen molar-refractivity contribution < 1.29 is 8.78 Å². The molecule has 3 rings (SSSR count). The Morgan fingerprint density at radius 3 is 2.67 bits per heavy atom. The number of benzene rings is 2. The third kappa shape index (κ3) is 2.74. The van der Waals surface area contributed by atoms with Crippen LogP contribution in [0.2, 0.25) is 5.02 Å². The van der Waals surface area contributed by atoms with E-state index in [0.717, 1.165) is 24.2 Å². The SMILES string of the molecule is NCC(c1cc(F)cc(Cl)c1)N1CCc2ccc(F)cc21. The fraction of sp³-hybridized carbons (Fsp3) is 0.250. The van der Waals surface area contributed by atoms with Crippen molar-refractivity contribution in [2.24, 2.45) is 5.73 Å². The molecule has 5 heteroatoms. The number of nitrogens with two attached hydrogens (primary N) is 1. The highest BCUT2D eigenvalue weighted by Crippen LogP contribution is 2.36. The minimum atomic E-state index is -0.394. The smallest absolute Gasteiger partial charge is 0.125 e. The Bertz CT molecular complexity index is 655. The van der Waals surface area contributed by atoms with Gasteiger partial charge in [-0.1, -0.05) is 17.7 Å². The van der Waals surface area contributed by atoms with Crippen LogP contribution < -0.4 is 10.6 Å². The molecule has 2 nitrogen and oxygen atoms in total. The summed E-state index contributed by atoms with van der Waals surface area (Å²) in [6.07, 6.45) is 0.829. The van der Waals surface area contributed by atoms with Crippen molar-refractivity contribution in [3.05, 3.63) is 64.2 Å². The van der Waals surface area contributed by atoms with Gasteiger partial charge in [0.1, 0.15) is 11.6 Å². The molecule has 1 aliphatic heterocycles. The standard InChI is InChI=1S/C16H15ClF2N2/c17-12-5-11(6-14(19)7-12)16(9-20)21-4-3-10-1-2-13(18)8-15(10)21/h1-2,5-8,16H,3-4,9,20H2. The Kier molecular flexibility index (Phi) is 3.83. The van der Waals surface area contributed by atoms with Crippen LogP contribution in [0.25, 0.3) is 0 Å². The van der Waals surface area contributed by atoms with Gasteiger partial charge >= 0.3 is 0 Å². The zero-order chi connectivity index (χ0) is 15.0. The van der Waals surface area contributed by atoms with Gasteiger partial charge in [-0.15, -0.1) is 0 Å². The molecule has 0 aliphatic carbocycles. The van der Waals surface area contributed by atoms with Crippen molar-refractivity contribution in [1.82, 2.24) is 0 Å². The quantitative estimate of drug-likeness (QED) is 0.937. The molecule has 110 valence electrons. The summed E-state index contributed by atoms with van der Waals surface area (Å²) in [5, 5.41) is 0.335. The number of rotatable bonds is 3. The molecule has 0 spiro atoms. The Morgan fingerprint density at radius 1 is 1.14 bits per heavy atom. The molecule has 0 saturated carbocycles. The van der Waals surface area contributed by atoms with E-state index in [-0.39, 0.29) is 11.9 Å². The fourth-order valence-corrected chi connectivity index (χ4v) is 3.14. The molecule has 1 heterocycles. The highest BCUT2D eigenvalue weighted by molar-refractivity contribution is 6.30. The van der Waals surface area contributed by atoms with Gasteiger partial charge in [0.25, 0.3) is 0 Å². The topological polar surface area (TPSA) is 29.3 Å². The summed E-state index contributed by atoms with van der Waals surface area (Å²) < 4.78 is 27.1. The van der Waals surface area contributed by atoms with Crippen LogP contribution >= 0.6 is 11.6 Å². The third-order valence-electron chi connectivity index (χ3n) is 3.85. The van der Waals surface area contributed by atoms with E-state index in [9.17, 15) is 8.78 Å². The molecule has 1 atom stereocenters. The summed E-state index contributed by atoms with van der Waals surface area (Å²) in [4.78, 5) is 2.02. The molecule has 2 N–H and O–H groups in total. The highest BCUT2D eigenvalue weighted by atomic mass is 35.5. The molecular weight excluding hydrogens is 294 g/mol. The first-order valence-electron chi connectivity index (χ1n) is 6.79. The maximum atomic E-state index is 13.6. The predicted octanol–water partition coefficient (Wildman–Crippen LogP) is 3.68. The van der Waals surface area contributed by atoms with Crippen LogP contribution in [0.4, 0.5) is 14.5 Å². The van der Waals surface area contributed by atoms with E-state index in [1.807, 2.05) is 4.90 Å². The average molecular weight is 309 g/mol. The van der Waals surface area contributed by atoms with E-state index >= 15 is 0 Å². The number of nitrogens with zero attached hydrogens (tertiary/aromatic N) is 1. The zero-order valence-corrected chi connectivity index (χ0v) is 12.1. The van der Waals surface area contributed by atoms with E-state index in [1.54, 1.807) is 12.1 Å². The molecule has 1 unspecified atom stereocenters. The van der Waals surface area contributed by atoms with Crippen molar-refractivity contribution in [2.45, 2.75) is 12.5 Å². The van der Waals surface area contributed by atoms with E-state index in [0.29, 0.717) is 17.1 Å². The Hall–Kier alpha value is -1.65. The summed E-state index contributed by atoms with van der Waals surface area (Å²) in [6.45, 7) is 1.03. The zero-order valence-electron chi connectivity index (χ0n) is 11.3. The van der Waals surface area contributed by atoms with Gasteiger partial charge < -0.3 is 10.6 Å². The number of anilines is 1. The van der Waals surface area contributed by atoms with Crippen molar-refractivity contribution in [2.75, 3.05) is 18.0 Å². The van der Waals surface area contributed by atoms with Gasteiger partial charge in [-0.3, -0.25) is 0 Å². The molecule has 2 aromatic carbocycles. The summed E-state index contributed by atoms with van der Waals surface area (Å²) in [6, 6.07) is 8.93. The monoisotopic (exact) mass is 308 g/mol. The molecule has 21 heavy (non-hydrogen) atoms. The van der Waals surface area contributed by atoms with Gasteiger partial charge in [0.15, 0.2) is 0 Å². The molecule has 0 saturated heterocycles. The lowest BCUT2D eigenvalue weighted by molar-refractivity contribution is 0.606. The second kappa shape index (κ2) is 5.62. The van der Waals surface area contributed by atoms with E-state index < -0.39 is 5.82 Å². The summed E-state index contributed by atoms with van der Waals surface area (Å²) in [7, 11) is 0. The van der Waals surface area contributed by atoms with Gasteiger partial charge in [-0.2, -0.15) is 0 Å². The van der Waals surface area contributed by atoms with Gasteiger partial charge in [0, 0.05) is 23.8 Å². The van der Waals surface area contributed by atoms with Crippen LogP contribution in [0.5, 0.6) is 0 Å². The van der Waals surface area contributed by atoms with Crippen LogP contribution in [0.15, 0.2) is 36.4 Å². The Morgan fingerprint density at radius 2 is 1.95 bits per heavy atom. The minimum absolute atomic E-state index is 0.221. The first-order valence-corrected chi connectivity index (χ1v) is 7.17. The first kappa shape index (κ1) is 14.3. The lowest BCUT2D eigenvalue weighted by atomic mass is 10.0.